The van der Waals surface area contributed by atoms with Crippen molar-refractivity contribution in [3.05, 3.63) is 35.9 Å². The number of rotatable bonds is 8. The molecule has 0 radical (unpaired) electrons. The van der Waals surface area contributed by atoms with Crippen LogP contribution in [0.2, 0.25) is 0 Å². The van der Waals surface area contributed by atoms with Crippen LogP contribution in [-0.4, -0.2) is 30.9 Å². The molecule has 0 aromatic heterocycles. The number of nitrogens with zero attached hydrogens (tertiary/aromatic N) is 1. The summed E-state index contributed by atoms with van der Waals surface area (Å²) >= 11 is 0. The number of benzene rings is 1. The van der Waals surface area contributed by atoms with Gasteiger partial charge in [-0.1, -0.05) is 56.0 Å². The molecule has 0 unspecified atom stereocenters. The lowest BCUT2D eigenvalue weighted by atomic mass is 10.0. The van der Waals surface area contributed by atoms with Crippen molar-refractivity contribution in [2.24, 2.45) is 5.92 Å². The quantitative estimate of drug-likeness (QED) is 0.745. The van der Waals surface area contributed by atoms with E-state index >= 15 is 0 Å². The molecule has 116 valence electrons. The lowest BCUT2D eigenvalue weighted by molar-refractivity contribution is -0.122. The van der Waals surface area contributed by atoms with E-state index in [1.807, 2.05) is 25.2 Å². The third-order valence-corrected chi connectivity index (χ3v) is 4.29. The highest BCUT2D eigenvalue weighted by Crippen LogP contribution is 2.28. The van der Waals surface area contributed by atoms with Crippen LogP contribution in [0.3, 0.4) is 0 Å². The molecule has 1 saturated carbocycles. The highest BCUT2D eigenvalue weighted by Gasteiger charge is 2.14. The van der Waals surface area contributed by atoms with Gasteiger partial charge >= 0.3 is 0 Å². The summed E-state index contributed by atoms with van der Waals surface area (Å²) in [6.45, 7) is 2.11. The molecule has 0 atom stereocenters. The number of nitrogens with one attached hydrogen (secondary N) is 1. The fourth-order valence-electron chi connectivity index (χ4n) is 3.17. The molecule has 1 amide bonds. The molecular weight excluding hydrogens is 260 g/mol. The average Bonchev–Trinajstić information content (AvgIpc) is 2.98. The zero-order chi connectivity index (χ0) is 14.9. The summed E-state index contributed by atoms with van der Waals surface area (Å²) in [5.74, 6) is 1.06. The van der Waals surface area contributed by atoms with Gasteiger partial charge in [0.15, 0.2) is 0 Å². The second kappa shape index (κ2) is 8.83. The minimum Gasteiger partial charge on any atom is -0.355 e. The summed E-state index contributed by atoms with van der Waals surface area (Å²) in [6, 6.07) is 10.3. The molecule has 1 aromatic carbocycles. The normalized spacial score (nSPS) is 15.5. The van der Waals surface area contributed by atoms with Crippen molar-refractivity contribution in [3.63, 3.8) is 0 Å². The fraction of sp³-hybridized carbons (Fsp3) is 0.611. The minimum absolute atomic E-state index is 0.139. The van der Waals surface area contributed by atoms with Crippen LogP contribution in [0.4, 0.5) is 0 Å². The first kappa shape index (κ1) is 16.0. The number of carbonyl (C=O) groups excluding carboxylic acids is 1. The lowest BCUT2D eigenvalue weighted by Gasteiger charge is -2.16. The molecule has 21 heavy (non-hydrogen) atoms. The van der Waals surface area contributed by atoms with Crippen LogP contribution in [0.1, 0.15) is 44.1 Å². The third kappa shape index (κ3) is 6.30. The molecule has 0 spiro atoms. The van der Waals surface area contributed by atoms with E-state index in [0.717, 1.165) is 25.4 Å². The van der Waals surface area contributed by atoms with Crippen molar-refractivity contribution < 1.29 is 4.79 Å². The second-order valence-corrected chi connectivity index (χ2v) is 6.30. The van der Waals surface area contributed by atoms with E-state index in [-0.39, 0.29) is 5.91 Å². The first-order valence-electron chi connectivity index (χ1n) is 8.23. The Morgan fingerprint density at radius 1 is 1.24 bits per heavy atom. The SMILES string of the molecule is CN(CC(=O)NCCCC1CCCC1)Cc1ccccc1. The molecule has 1 aromatic rings. The van der Waals surface area contributed by atoms with Crippen molar-refractivity contribution in [2.75, 3.05) is 20.1 Å². The Bertz CT molecular complexity index is 412. The summed E-state index contributed by atoms with van der Waals surface area (Å²) in [4.78, 5) is 13.9. The fourth-order valence-corrected chi connectivity index (χ4v) is 3.17. The van der Waals surface area contributed by atoms with Crippen LogP contribution in [0.15, 0.2) is 30.3 Å². The smallest absolute Gasteiger partial charge is 0.234 e. The number of hydrogen-bond acceptors (Lipinski definition) is 2. The Hall–Kier alpha value is -1.35. The number of carbonyl (C=O) groups is 1. The Morgan fingerprint density at radius 2 is 1.95 bits per heavy atom. The van der Waals surface area contributed by atoms with Gasteiger partial charge in [-0.25, -0.2) is 0 Å². The van der Waals surface area contributed by atoms with Crippen LogP contribution < -0.4 is 5.32 Å². The summed E-state index contributed by atoms with van der Waals surface area (Å²) in [6.07, 6.45) is 8.00. The standard InChI is InChI=1S/C18H28N2O/c1-20(14-17-10-3-2-4-11-17)15-18(21)19-13-7-12-16-8-5-6-9-16/h2-4,10-11,16H,5-9,12-15H2,1H3,(H,19,21). The van der Waals surface area contributed by atoms with E-state index in [4.69, 9.17) is 0 Å². The molecule has 0 saturated heterocycles. The predicted molar refractivity (Wildman–Crippen MR) is 87.0 cm³/mol. The van der Waals surface area contributed by atoms with E-state index in [1.54, 1.807) is 0 Å². The van der Waals surface area contributed by atoms with Gasteiger partial charge in [0.25, 0.3) is 0 Å². The highest BCUT2D eigenvalue weighted by atomic mass is 16.2. The van der Waals surface area contributed by atoms with Gasteiger partial charge in [-0.05, 0) is 31.4 Å². The largest absolute Gasteiger partial charge is 0.355 e. The minimum atomic E-state index is 0.139. The monoisotopic (exact) mass is 288 g/mol. The number of hydrogen-bond donors (Lipinski definition) is 1. The van der Waals surface area contributed by atoms with Crippen molar-refractivity contribution in [2.45, 2.75) is 45.1 Å². The molecule has 0 bridgehead atoms. The summed E-state index contributed by atoms with van der Waals surface area (Å²) < 4.78 is 0. The summed E-state index contributed by atoms with van der Waals surface area (Å²) in [5, 5.41) is 3.04. The Morgan fingerprint density at radius 3 is 2.67 bits per heavy atom. The Balaban J connectivity index is 1.56. The van der Waals surface area contributed by atoms with Gasteiger partial charge in [0.05, 0.1) is 6.54 Å². The van der Waals surface area contributed by atoms with Crippen molar-refractivity contribution in [1.29, 1.82) is 0 Å². The van der Waals surface area contributed by atoms with E-state index < -0.39 is 0 Å². The summed E-state index contributed by atoms with van der Waals surface area (Å²) in [5.41, 5.74) is 1.24. The average molecular weight is 288 g/mol. The Labute approximate surface area is 128 Å². The molecule has 1 fully saturated rings. The van der Waals surface area contributed by atoms with Crippen LogP contribution in [0.5, 0.6) is 0 Å². The molecule has 3 nitrogen and oxygen atoms in total. The molecule has 0 aliphatic heterocycles. The van der Waals surface area contributed by atoms with Crippen molar-refractivity contribution >= 4 is 5.91 Å². The van der Waals surface area contributed by atoms with Crippen LogP contribution in [0, 0.1) is 5.92 Å². The van der Waals surface area contributed by atoms with Gasteiger partial charge in [0, 0.05) is 13.1 Å². The second-order valence-electron chi connectivity index (χ2n) is 6.30. The Kier molecular flexibility index (Phi) is 6.74. The maximum absolute atomic E-state index is 11.9. The molecule has 2 rings (SSSR count). The van der Waals surface area contributed by atoms with Gasteiger partial charge < -0.3 is 5.32 Å². The maximum Gasteiger partial charge on any atom is 0.234 e. The van der Waals surface area contributed by atoms with Gasteiger partial charge in [0.1, 0.15) is 0 Å². The maximum atomic E-state index is 11.9. The zero-order valence-electron chi connectivity index (χ0n) is 13.2. The molecule has 1 aliphatic rings. The molecule has 0 heterocycles. The van der Waals surface area contributed by atoms with Crippen LogP contribution in [0.25, 0.3) is 0 Å². The molecule has 1 N–H and O–H groups in total. The number of likely N-dealkylation sites (N-methyl/N-ethyl adjacent to an activating group) is 1. The van der Waals surface area contributed by atoms with Crippen molar-refractivity contribution in [3.8, 4) is 0 Å². The first-order chi connectivity index (χ1) is 10.2. The van der Waals surface area contributed by atoms with E-state index in [0.29, 0.717) is 6.54 Å². The van der Waals surface area contributed by atoms with Crippen LogP contribution in [-0.2, 0) is 11.3 Å². The van der Waals surface area contributed by atoms with E-state index in [2.05, 4.69) is 22.3 Å². The molecule has 3 heteroatoms. The van der Waals surface area contributed by atoms with Gasteiger partial charge in [-0.15, -0.1) is 0 Å². The topological polar surface area (TPSA) is 32.3 Å². The zero-order valence-corrected chi connectivity index (χ0v) is 13.2. The summed E-state index contributed by atoms with van der Waals surface area (Å²) in [7, 11) is 1.99. The van der Waals surface area contributed by atoms with Crippen molar-refractivity contribution in [1.82, 2.24) is 10.2 Å². The lowest BCUT2D eigenvalue weighted by Crippen LogP contribution is -2.35. The van der Waals surface area contributed by atoms with Gasteiger partial charge in [-0.3, -0.25) is 9.69 Å². The number of amides is 1. The van der Waals surface area contributed by atoms with E-state index in [1.165, 1.54) is 37.7 Å². The highest BCUT2D eigenvalue weighted by molar-refractivity contribution is 5.77. The first-order valence-corrected chi connectivity index (χ1v) is 8.23. The molecule has 1 aliphatic carbocycles. The van der Waals surface area contributed by atoms with Gasteiger partial charge in [-0.2, -0.15) is 0 Å². The third-order valence-electron chi connectivity index (χ3n) is 4.29. The van der Waals surface area contributed by atoms with Gasteiger partial charge in [0.2, 0.25) is 5.91 Å². The van der Waals surface area contributed by atoms with E-state index in [9.17, 15) is 4.79 Å². The van der Waals surface area contributed by atoms with Crippen LogP contribution >= 0.6 is 0 Å². The molecular formula is C18H28N2O. The predicted octanol–water partition coefficient (Wildman–Crippen LogP) is 3.21.